The van der Waals surface area contributed by atoms with Crippen LogP contribution in [0.1, 0.15) is 17.2 Å². The Hall–Kier alpha value is -3.26. The van der Waals surface area contributed by atoms with Gasteiger partial charge in [0.05, 0.1) is 13.0 Å². The third-order valence-corrected chi connectivity index (χ3v) is 4.38. The van der Waals surface area contributed by atoms with E-state index in [1.807, 2.05) is 24.3 Å². The van der Waals surface area contributed by atoms with Crippen molar-refractivity contribution >= 4 is 23.2 Å². The fraction of sp³-hybridized carbons (Fsp3) is 0.167. The van der Waals surface area contributed by atoms with Gasteiger partial charge in [-0.3, -0.25) is 9.20 Å². The summed E-state index contributed by atoms with van der Waals surface area (Å²) in [4.78, 5) is 16.4. The smallest absolute Gasteiger partial charge is 0.258 e. The Kier molecular flexibility index (Phi) is 4.55. The third-order valence-electron chi connectivity index (χ3n) is 4.01. The van der Waals surface area contributed by atoms with Gasteiger partial charge < -0.3 is 9.84 Å². The molecule has 3 heterocycles. The van der Waals surface area contributed by atoms with Crippen LogP contribution in [0.3, 0.4) is 0 Å². The molecule has 9 heteroatoms. The fourth-order valence-electron chi connectivity index (χ4n) is 2.66. The maximum absolute atomic E-state index is 12.2. The van der Waals surface area contributed by atoms with Crippen molar-refractivity contribution in [1.29, 1.82) is 0 Å². The lowest BCUT2D eigenvalue weighted by atomic mass is 10.1. The average Bonchev–Trinajstić information content (AvgIpc) is 3.27. The third kappa shape index (κ3) is 3.65. The van der Waals surface area contributed by atoms with Crippen LogP contribution in [0.4, 0.5) is 0 Å². The Morgan fingerprint density at radius 3 is 2.89 bits per heavy atom. The van der Waals surface area contributed by atoms with Gasteiger partial charge >= 0.3 is 0 Å². The number of amides is 1. The van der Waals surface area contributed by atoms with Crippen molar-refractivity contribution in [3.63, 3.8) is 0 Å². The molecule has 0 unspecified atom stereocenters. The summed E-state index contributed by atoms with van der Waals surface area (Å²) in [7, 11) is 0. The maximum atomic E-state index is 12.2. The summed E-state index contributed by atoms with van der Waals surface area (Å²) in [6.45, 7) is 2.01. The van der Waals surface area contributed by atoms with Crippen molar-refractivity contribution in [1.82, 2.24) is 30.1 Å². The van der Waals surface area contributed by atoms with Gasteiger partial charge in [0.2, 0.25) is 5.91 Å². The van der Waals surface area contributed by atoms with Crippen molar-refractivity contribution < 1.29 is 9.32 Å². The van der Waals surface area contributed by atoms with Crippen molar-refractivity contribution in [3.05, 3.63) is 64.8 Å². The van der Waals surface area contributed by atoms with Crippen LogP contribution in [0.15, 0.2) is 47.1 Å². The number of carbonyl (C=O) groups excluding carboxylic acids is 1. The highest BCUT2D eigenvalue weighted by molar-refractivity contribution is 6.31. The second kappa shape index (κ2) is 7.16. The Morgan fingerprint density at radius 2 is 2.11 bits per heavy atom. The Labute approximate surface area is 159 Å². The fourth-order valence-corrected chi connectivity index (χ4v) is 2.87. The number of fused-ring (bicyclic) bond motifs is 1. The Morgan fingerprint density at radius 1 is 1.26 bits per heavy atom. The molecule has 0 radical (unpaired) electrons. The molecule has 0 aliphatic carbocycles. The summed E-state index contributed by atoms with van der Waals surface area (Å²) >= 11 is 6.09. The van der Waals surface area contributed by atoms with Gasteiger partial charge in [-0.2, -0.15) is 4.98 Å². The first kappa shape index (κ1) is 17.2. The second-order valence-corrected chi connectivity index (χ2v) is 6.36. The number of aryl methyl sites for hydroxylation is 1. The monoisotopic (exact) mass is 382 g/mol. The molecular weight excluding hydrogens is 368 g/mol. The molecule has 27 heavy (non-hydrogen) atoms. The van der Waals surface area contributed by atoms with E-state index in [1.165, 1.54) is 0 Å². The number of nitrogens with zero attached hydrogens (tertiary/aromatic N) is 5. The van der Waals surface area contributed by atoms with Crippen LogP contribution in [-0.4, -0.2) is 30.6 Å². The lowest BCUT2D eigenvalue weighted by Gasteiger charge is -2.06. The van der Waals surface area contributed by atoms with Crippen LogP contribution in [0, 0.1) is 6.92 Å². The molecule has 1 aromatic carbocycles. The van der Waals surface area contributed by atoms with Crippen LogP contribution < -0.4 is 5.32 Å². The van der Waals surface area contributed by atoms with Crippen molar-refractivity contribution in [2.75, 3.05) is 0 Å². The van der Waals surface area contributed by atoms with Gasteiger partial charge in [0, 0.05) is 16.8 Å². The first-order valence-electron chi connectivity index (χ1n) is 8.24. The molecule has 0 aliphatic heterocycles. The van der Waals surface area contributed by atoms with E-state index in [-0.39, 0.29) is 18.9 Å². The molecule has 0 bridgehead atoms. The predicted octanol–water partition coefficient (Wildman–Crippen LogP) is 2.60. The molecule has 3 aromatic heterocycles. The number of benzene rings is 1. The van der Waals surface area contributed by atoms with Crippen LogP contribution in [0.5, 0.6) is 0 Å². The number of aromatic nitrogens is 5. The molecule has 4 rings (SSSR count). The number of rotatable bonds is 5. The Bertz CT molecular complexity index is 1120. The van der Waals surface area contributed by atoms with E-state index in [9.17, 15) is 4.79 Å². The minimum atomic E-state index is -0.141. The molecular formula is C18H15ClN6O2. The van der Waals surface area contributed by atoms with Gasteiger partial charge in [-0.15, -0.1) is 10.2 Å². The van der Waals surface area contributed by atoms with Gasteiger partial charge in [0.25, 0.3) is 5.89 Å². The molecule has 8 nitrogen and oxygen atoms in total. The molecule has 0 saturated heterocycles. The van der Waals surface area contributed by atoms with E-state index < -0.39 is 0 Å². The zero-order chi connectivity index (χ0) is 18.8. The molecule has 1 amide bonds. The summed E-state index contributed by atoms with van der Waals surface area (Å²) in [5, 5.41) is 15.5. The number of nitrogens with one attached hydrogen (secondary N) is 1. The molecule has 0 atom stereocenters. The highest BCUT2D eigenvalue weighted by Gasteiger charge is 2.12. The topological polar surface area (TPSA) is 98.2 Å². The van der Waals surface area contributed by atoms with Crippen LogP contribution >= 0.6 is 11.6 Å². The van der Waals surface area contributed by atoms with Gasteiger partial charge in [-0.25, -0.2) is 0 Å². The van der Waals surface area contributed by atoms with Crippen LogP contribution in [0.25, 0.3) is 17.1 Å². The molecule has 0 spiro atoms. The largest absolute Gasteiger partial charge is 0.348 e. The minimum Gasteiger partial charge on any atom is -0.348 e. The first-order valence-corrected chi connectivity index (χ1v) is 8.62. The number of pyridine rings is 1. The van der Waals surface area contributed by atoms with Gasteiger partial charge in [-0.1, -0.05) is 35.0 Å². The minimum absolute atomic E-state index is 0.141. The number of hydrogen-bond acceptors (Lipinski definition) is 6. The SMILES string of the molecule is Cc1noc(-c2ccn3c(CNC(=O)Cc4ccccc4Cl)nnc3c2)n1. The average molecular weight is 383 g/mol. The van der Waals surface area contributed by atoms with Crippen LogP contribution in [0.2, 0.25) is 5.02 Å². The van der Waals surface area contributed by atoms with Gasteiger partial charge in [-0.05, 0) is 30.7 Å². The predicted molar refractivity (Wildman–Crippen MR) is 98.0 cm³/mol. The Balaban J connectivity index is 1.46. The zero-order valence-electron chi connectivity index (χ0n) is 14.4. The lowest BCUT2D eigenvalue weighted by molar-refractivity contribution is -0.120. The lowest BCUT2D eigenvalue weighted by Crippen LogP contribution is -2.25. The number of hydrogen-bond donors (Lipinski definition) is 1. The molecule has 136 valence electrons. The highest BCUT2D eigenvalue weighted by atomic mass is 35.5. The summed E-state index contributed by atoms with van der Waals surface area (Å²) in [5.74, 6) is 1.46. The number of halogens is 1. The van der Waals surface area contributed by atoms with Crippen LogP contribution in [-0.2, 0) is 17.8 Å². The molecule has 0 fully saturated rings. The summed E-state index contributed by atoms with van der Waals surface area (Å²) in [6.07, 6.45) is 2.01. The van der Waals surface area contributed by atoms with E-state index >= 15 is 0 Å². The van der Waals surface area contributed by atoms with Crippen molar-refractivity contribution in [2.45, 2.75) is 19.9 Å². The highest BCUT2D eigenvalue weighted by Crippen LogP contribution is 2.19. The van der Waals surface area contributed by atoms with E-state index in [0.29, 0.717) is 28.2 Å². The van der Waals surface area contributed by atoms with Gasteiger partial charge in [0.1, 0.15) is 0 Å². The van der Waals surface area contributed by atoms with Gasteiger partial charge in [0.15, 0.2) is 17.3 Å². The maximum Gasteiger partial charge on any atom is 0.258 e. The number of carbonyl (C=O) groups is 1. The van der Waals surface area contributed by atoms with E-state index in [4.69, 9.17) is 16.1 Å². The first-order chi connectivity index (χ1) is 13.1. The summed E-state index contributed by atoms with van der Waals surface area (Å²) < 4.78 is 6.96. The molecule has 0 aliphatic rings. The second-order valence-electron chi connectivity index (χ2n) is 5.95. The normalized spacial score (nSPS) is 11.0. The quantitative estimate of drug-likeness (QED) is 0.569. The van der Waals surface area contributed by atoms with E-state index in [1.54, 1.807) is 29.7 Å². The molecule has 0 saturated carbocycles. The summed E-state index contributed by atoms with van der Waals surface area (Å²) in [5.41, 5.74) is 2.16. The van der Waals surface area contributed by atoms with Crippen molar-refractivity contribution in [2.24, 2.45) is 0 Å². The zero-order valence-corrected chi connectivity index (χ0v) is 15.1. The van der Waals surface area contributed by atoms with Crippen molar-refractivity contribution in [3.8, 4) is 11.5 Å². The molecule has 1 N–H and O–H groups in total. The molecule has 4 aromatic rings. The summed E-state index contributed by atoms with van der Waals surface area (Å²) in [6, 6.07) is 10.9. The standard InChI is InChI=1S/C18H15ClN6O2/c1-11-21-18(27-24-11)13-6-7-25-15(8-13)22-23-16(25)10-20-17(26)9-12-4-2-3-5-14(12)19/h2-8H,9-10H2,1H3,(H,20,26). The van der Waals surface area contributed by atoms with E-state index in [2.05, 4.69) is 25.7 Å². The van der Waals surface area contributed by atoms with E-state index in [0.717, 1.165) is 11.1 Å².